The van der Waals surface area contributed by atoms with E-state index in [4.69, 9.17) is 4.99 Å². The largest absolute Gasteiger partial charge is 0.357 e. The van der Waals surface area contributed by atoms with E-state index in [1.807, 2.05) is 24.4 Å². The van der Waals surface area contributed by atoms with Crippen molar-refractivity contribution in [2.75, 3.05) is 32.7 Å². The number of guanidine groups is 1. The third-order valence-electron chi connectivity index (χ3n) is 5.31. The first-order valence-corrected chi connectivity index (χ1v) is 10.9. The quantitative estimate of drug-likeness (QED) is 0.394. The zero-order valence-electron chi connectivity index (χ0n) is 17.4. The molecule has 0 saturated carbocycles. The molecule has 1 aliphatic heterocycles. The van der Waals surface area contributed by atoms with Crippen molar-refractivity contribution in [3.63, 3.8) is 0 Å². The van der Waals surface area contributed by atoms with Gasteiger partial charge in [-0.1, -0.05) is 19.4 Å². The van der Waals surface area contributed by atoms with Gasteiger partial charge in [-0.05, 0) is 51.3 Å². The topological polar surface area (TPSA) is 69.8 Å². The molecule has 0 radical (unpaired) electrons. The summed E-state index contributed by atoms with van der Waals surface area (Å²) in [5, 5.41) is 15.5. The minimum Gasteiger partial charge on any atom is -0.357 e. The lowest BCUT2D eigenvalue weighted by Gasteiger charge is -2.33. The minimum absolute atomic E-state index is 0.524. The van der Waals surface area contributed by atoms with Crippen LogP contribution >= 0.6 is 0 Å². The van der Waals surface area contributed by atoms with Crippen LogP contribution in [0, 0.1) is 0 Å². The lowest BCUT2D eigenvalue weighted by Crippen LogP contribution is -2.48. The summed E-state index contributed by atoms with van der Waals surface area (Å²) in [5.74, 6) is 1.95. The number of unbranched alkanes of at least 4 members (excludes halogenated alkanes) is 1. The molecule has 0 bridgehead atoms. The number of pyridine rings is 1. The van der Waals surface area contributed by atoms with Gasteiger partial charge >= 0.3 is 0 Å². The first kappa shape index (κ1) is 20.6. The Balaban J connectivity index is 1.44. The van der Waals surface area contributed by atoms with Crippen molar-refractivity contribution in [3.05, 3.63) is 30.2 Å². The molecule has 3 heterocycles. The monoisotopic (exact) mass is 385 g/mol. The smallest absolute Gasteiger partial charge is 0.191 e. The molecule has 0 unspecified atom stereocenters. The fourth-order valence-electron chi connectivity index (χ4n) is 3.69. The van der Waals surface area contributed by atoms with Gasteiger partial charge < -0.3 is 15.5 Å². The summed E-state index contributed by atoms with van der Waals surface area (Å²) in [4.78, 5) is 7.37. The SMILES string of the molecule is CCCCN1CCC(NC(=NCCCc2nnc3ccccn23)NCC)CC1. The molecule has 0 amide bonds. The van der Waals surface area contributed by atoms with Crippen LogP contribution in [-0.4, -0.2) is 64.2 Å². The first-order valence-electron chi connectivity index (χ1n) is 10.9. The van der Waals surface area contributed by atoms with Gasteiger partial charge in [-0.2, -0.15) is 0 Å². The first-order chi connectivity index (χ1) is 13.8. The molecule has 0 aliphatic carbocycles. The summed E-state index contributed by atoms with van der Waals surface area (Å²) in [6, 6.07) is 6.51. The van der Waals surface area contributed by atoms with Crippen LogP contribution in [0.25, 0.3) is 5.65 Å². The van der Waals surface area contributed by atoms with Gasteiger partial charge in [-0.3, -0.25) is 9.39 Å². The summed E-state index contributed by atoms with van der Waals surface area (Å²) in [7, 11) is 0. The van der Waals surface area contributed by atoms with Crippen LogP contribution < -0.4 is 10.6 Å². The Labute approximate surface area is 168 Å². The lowest BCUT2D eigenvalue weighted by molar-refractivity contribution is 0.203. The minimum atomic E-state index is 0.524. The third-order valence-corrected chi connectivity index (χ3v) is 5.31. The Morgan fingerprint density at radius 3 is 2.82 bits per heavy atom. The molecule has 2 aromatic rings. The van der Waals surface area contributed by atoms with Gasteiger partial charge in [-0.25, -0.2) is 0 Å². The molecule has 3 rings (SSSR count). The summed E-state index contributed by atoms with van der Waals surface area (Å²) >= 11 is 0. The zero-order chi connectivity index (χ0) is 19.6. The molecule has 154 valence electrons. The second-order valence-corrected chi connectivity index (χ2v) is 7.52. The number of aliphatic imine (C=N–C) groups is 1. The molecular formula is C21H35N7. The van der Waals surface area contributed by atoms with Crippen LogP contribution in [0.1, 0.15) is 51.8 Å². The number of fused-ring (bicyclic) bond motifs is 1. The van der Waals surface area contributed by atoms with E-state index in [2.05, 4.69) is 44.0 Å². The summed E-state index contributed by atoms with van der Waals surface area (Å²) in [6.07, 6.45) is 8.83. The van der Waals surface area contributed by atoms with Crippen LogP contribution in [0.4, 0.5) is 0 Å². The third kappa shape index (κ3) is 5.92. The molecule has 2 N–H and O–H groups in total. The van der Waals surface area contributed by atoms with Crippen molar-refractivity contribution >= 4 is 11.6 Å². The second kappa shape index (κ2) is 11.0. The number of hydrogen-bond donors (Lipinski definition) is 2. The van der Waals surface area contributed by atoms with Crippen molar-refractivity contribution in [3.8, 4) is 0 Å². The molecular weight excluding hydrogens is 350 g/mol. The number of nitrogens with zero attached hydrogens (tertiary/aromatic N) is 5. The van der Waals surface area contributed by atoms with Crippen LogP contribution in [0.2, 0.25) is 0 Å². The fraction of sp³-hybridized carbons (Fsp3) is 0.667. The Kier molecular flexibility index (Phi) is 8.08. The van der Waals surface area contributed by atoms with E-state index in [0.717, 1.165) is 43.4 Å². The van der Waals surface area contributed by atoms with Gasteiger partial charge in [-0.15, -0.1) is 10.2 Å². The van der Waals surface area contributed by atoms with Crippen molar-refractivity contribution in [2.45, 2.75) is 58.4 Å². The van der Waals surface area contributed by atoms with E-state index >= 15 is 0 Å². The number of rotatable bonds is 9. The summed E-state index contributed by atoms with van der Waals surface area (Å²) < 4.78 is 2.06. The molecule has 0 spiro atoms. The number of likely N-dealkylation sites (tertiary alicyclic amines) is 1. The molecule has 7 nitrogen and oxygen atoms in total. The average molecular weight is 386 g/mol. The normalized spacial score (nSPS) is 16.6. The van der Waals surface area contributed by atoms with Gasteiger partial charge in [0.2, 0.25) is 0 Å². The maximum atomic E-state index is 4.78. The van der Waals surface area contributed by atoms with Crippen molar-refractivity contribution in [2.24, 2.45) is 4.99 Å². The fourth-order valence-corrected chi connectivity index (χ4v) is 3.69. The Bertz CT molecular complexity index is 731. The second-order valence-electron chi connectivity index (χ2n) is 7.52. The van der Waals surface area contributed by atoms with Crippen LogP contribution in [0.3, 0.4) is 0 Å². The highest BCUT2D eigenvalue weighted by Gasteiger charge is 2.19. The molecule has 2 aromatic heterocycles. The zero-order valence-corrected chi connectivity index (χ0v) is 17.4. The Morgan fingerprint density at radius 1 is 1.18 bits per heavy atom. The summed E-state index contributed by atoms with van der Waals surface area (Å²) in [5.41, 5.74) is 0.904. The van der Waals surface area contributed by atoms with Gasteiger partial charge in [0.1, 0.15) is 5.82 Å². The molecule has 28 heavy (non-hydrogen) atoms. The molecule has 0 atom stereocenters. The van der Waals surface area contributed by atoms with Gasteiger partial charge in [0.25, 0.3) is 0 Å². The predicted molar refractivity (Wildman–Crippen MR) is 115 cm³/mol. The van der Waals surface area contributed by atoms with E-state index in [1.165, 1.54) is 45.3 Å². The number of aryl methyl sites for hydroxylation is 1. The molecule has 1 aliphatic rings. The average Bonchev–Trinajstić information content (AvgIpc) is 3.14. The van der Waals surface area contributed by atoms with Gasteiger partial charge in [0, 0.05) is 44.8 Å². The van der Waals surface area contributed by atoms with Crippen molar-refractivity contribution < 1.29 is 0 Å². The number of hydrogen-bond acceptors (Lipinski definition) is 4. The lowest BCUT2D eigenvalue weighted by atomic mass is 10.0. The maximum absolute atomic E-state index is 4.78. The number of aromatic nitrogens is 3. The van der Waals surface area contributed by atoms with Gasteiger partial charge in [0.05, 0.1) is 0 Å². The van der Waals surface area contributed by atoms with Crippen LogP contribution in [0.5, 0.6) is 0 Å². The predicted octanol–water partition coefficient (Wildman–Crippen LogP) is 2.48. The van der Waals surface area contributed by atoms with Crippen molar-refractivity contribution in [1.82, 2.24) is 30.1 Å². The highest BCUT2D eigenvalue weighted by Crippen LogP contribution is 2.11. The molecule has 7 heteroatoms. The van der Waals surface area contributed by atoms with E-state index in [9.17, 15) is 0 Å². The standard InChI is InChI=1S/C21H35N7/c1-3-5-14-27-16-11-18(12-17-27)24-21(22-4-2)23-13-8-10-20-26-25-19-9-6-7-15-28(19)20/h6-7,9,15,18H,3-5,8,10-14,16-17H2,1-2H3,(H2,22,23,24). The van der Waals surface area contributed by atoms with Crippen LogP contribution in [-0.2, 0) is 6.42 Å². The van der Waals surface area contributed by atoms with E-state index in [0.29, 0.717) is 6.04 Å². The van der Waals surface area contributed by atoms with Crippen molar-refractivity contribution in [1.29, 1.82) is 0 Å². The molecule has 1 fully saturated rings. The van der Waals surface area contributed by atoms with E-state index in [1.54, 1.807) is 0 Å². The Hall–Kier alpha value is -2.15. The number of piperidine rings is 1. The molecule has 1 saturated heterocycles. The Morgan fingerprint density at radius 2 is 2.04 bits per heavy atom. The van der Waals surface area contributed by atoms with E-state index < -0.39 is 0 Å². The van der Waals surface area contributed by atoms with Gasteiger partial charge in [0.15, 0.2) is 11.6 Å². The maximum Gasteiger partial charge on any atom is 0.191 e. The molecule has 0 aromatic carbocycles. The highest BCUT2D eigenvalue weighted by atomic mass is 15.2. The van der Waals surface area contributed by atoms with E-state index in [-0.39, 0.29) is 0 Å². The summed E-state index contributed by atoms with van der Waals surface area (Å²) in [6.45, 7) is 9.68. The van der Waals surface area contributed by atoms with Crippen LogP contribution in [0.15, 0.2) is 29.4 Å². The number of nitrogens with one attached hydrogen (secondary N) is 2. The highest BCUT2D eigenvalue weighted by molar-refractivity contribution is 5.80.